The highest BCUT2D eigenvalue weighted by molar-refractivity contribution is 5.93. The molecule has 3 amide bonds. The molecule has 6 heteroatoms. The molecule has 0 radical (unpaired) electrons. The lowest BCUT2D eigenvalue weighted by molar-refractivity contribution is -0.134. The Balaban J connectivity index is 1.56. The molecule has 0 bridgehead atoms. The van der Waals surface area contributed by atoms with Crippen LogP contribution in [-0.4, -0.2) is 45.9 Å². The number of hydrogen-bond acceptors (Lipinski definition) is 2. The molecule has 178 valence electrons. The average Bonchev–Trinajstić information content (AvgIpc) is 3.30. The lowest BCUT2D eigenvalue weighted by atomic mass is 9.98. The summed E-state index contributed by atoms with van der Waals surface area (Å²) in [5.74, 6) is -0.0393. The van der Waals surface area contributed by atoms with E-state index in [4.69, 9.17) is 0 Å². The maximum atomic E-state index is 13.6. The summed E-state index contributed by atoms with van der Waals surface area (Å²) in [4.78, 5) is 30.4. The van der Waals surface area contributed by atoms with Crippen molar-refractivity contribution in [1.82, 2.24) is 14.4 Å². The Morgan fingerprint density at radius 3 is 2.50 bits per heavy atom. The summed E-state index contributed by atoms with van der Waals surface area (Å²) in [5.41, 5.74) is 6.31. The number of carbonyl (C=O) groups is 2. The van der Waals surface area contributed by atoms with Crippen molar-refractivity contribution in [3.05, 3.63) is 88.7 Å². The zero-order valence-corrected chi connectivity index (χ0v) is 20.5. The molecular weight excluding hydrogens is 424 g/mol. The Kier molecular flexibility index (Phi) is 7.06. The van der Waals surface area contributed by atoms with E-state index in [1.165, 1.54) is 5.56 Å². The molecule has 0 saturated carbocycles. The molecule has 2 aromatic carbocycles. The van der Waals surface area contributed by atoms with E-state index < -0.39 is 0 Å². The van der Waals surface area contributed by atoms with E-state index in [1.54, 1.807) is 4.90 Å². The third-order valence-corrected chi connectivity index (χ3v) is 6.70. The highest BCUT2D eigenvalue weighted by Gasteiger charge is 2.33. The van der Waals surface area contributed by atoms with Crippen LogP contribution in [0.3, 0.4) is 0 Å². The van der Waals surface area contributed by atoms with Crippen LogP contribution in [0.15, 0.2) is 60.8 Å². The van der Waals surface area contributed by atoms with Crippen LogP contribution in [-0.2, 0) is 11.3 Å². The standard InChI is InChI=1S/C28H34N4O2/c1-5-15-31(28(34)29-24-9-6-8-21(3)22(24)4)19-26(33)32-18-17-30-16-7-10-25(30)27(32)23-13-11-20(2)12-14-23/h6-14,16,27H,5,15,17-19H2,1-4H3,(H,29,34)/t27-/m0/s1. The lowest BCUT2D eigenvalue weighted by Gasteiger charge is -2.38. The number of nitrogens with one attached hydrogen (secondary N) is 1. The highest BCUT2D eigenvalue weighted by Crippen LogP contribution is 2.32. The second-order valence-corrected chi connectivity index (χ2v) is 9.13. The molecule has 1 aliphatic heterocycles. The molecule has 6 nitrogen and oxygen atoms in total. The molecule has 2 heterocycles. The van der Waals surface area contributed by atoms with Gasteiger partial charge in [-0.25, -0.2) is 4.79 Å². The summed E-state index contributed by atoms with van der Waals surface area (Å²) >= 11 is 0. The molecule has 0 aliphatic carbocycles. The molecule has 0 saturated heterocycles. The number of aryl methyl sites for hydroxylation is 2. The van der Waals surface area contributed by atoms with Crippen molar-refractivity contribution >= 4 is 17.6 Å². The van der Waals surface area contributed by atoms with E-state index in [0.29, 0.717) is 13.1 Å². The first kappa shape index (κ1) is 23.6. The Labute approximate surface area is 202 Å². The van der Waals surface area contributed by atoms with Crippen LogP contribution in [0.4, 0.5) is 10.5 Å². The predicted octanol–water partition coefficient (Wildman–Crippen LogP) is 5.29. The average molecular weight is 459 g/mol. The van der Waals surface area contributed by atoms with Gasteiger partial charge in [-0.05, 0) is 62.1 Å². The van der Waals surface area contributed by atoms with Crippen molar-refractivity contribution in [2.24, 2.45) is 0 Å². The molecule has 3 aromatic rings. The Morgan fingerprint density at radius 1 is 1.00 bits per heavy atom. The smallest absolute Gasteiger partial charge is 0.322 e. The number of aromatic nitrogens is 1. The Bertz CT molecular complexity index is 1170. The highest BCUT2D eigenvalue weighted by atomic mass is 16.2. The quantitative estimate of drug-likeness (QED) is 0.546. The van der Waals surface area contributed by atoms with Gasteiger partial charge in [0.1, 0.15) is 6.54 Å². The molecule has 34 heavy (non-hydrogen) atoms. The molecule has 1 N–H and O–H groups in total. The van der Waals surface area contributed by atoms with Crippen LogP contribution in [0.5, 0.6) is 0 Å². The van der Waals surface area contributed by atoms with Crippen molar-refractivity contribution in [2.45, 2.75) is 46.7 Å². The van der Waals surface area contributed by atoms with Gasteiger partial charge < -0.3 is 19.7 Å². The number of fused-ring (bicyclic) bond motifs is 1. The number of nitrogens with zero attached hydrogens (tertiary/aromatic N) is 3. The molecule has 1 aliphatic rings. The number of rotatable bonds is 6. The number of anilines is 1. The number of hydrogen-bond donors (Lipinski definition) is 1. The second-order valence-electron chi connectivity index (χ2n) is 9.13. The van der Waals surface area contributed by atoms with Gasteiger partial charge in [-0.3, -0.25) is 4.79 Å². The van der Waals surface area contributed by atoms with Crippen LogP contribution >= 0.6 is 0 Å². The van der Waals surface area contributed by atoms with E-state index in [2.05, 4.69) is 53.3 Å². The predicted molar refractivity (Wildman–Crippen MR) is 136 cm³/mol. The zero-order valence-electron chi connectivity index (χ0n) is 20.5. The van der Waals surface area contributed by atoms with Gasteiger partial charge in [0.05, 0.1) is 6.04 Å². The van der Waals surface area contributed by atoms with Crippen molar-refractivity contribution in [3.8, 4) is 0 Å². The number of carbonyl (C=O) groups excluding carboxylic acids is 2. The maximum Gasteiger partial charge on any atom is 0.322 e. The van der Waals surface area contributed by atoms with Gasteiger partial charge in [0.25, 0.3) is 0 Å². The van der Waals surface area contributed by atoms with E-state index in [1.807, 2.05) is 49.9 Å². The Morgan fingerprint density at radius 2 is 1.76 bits per heavy atom. The van der Waals surface area contributed by atoms with E-state index in [-0.39, 0.29) is 24.5 Å². The normalized spacial score (nSPS) is 15.1. The molecular formula is C28H34N4O2. The monoisotopic (exact) mass is 458 g/mol. The van der Waals surface area contributed by atoms with Crippen molar-refractivity contribution < 1.29 is 9.59 Å². The first-order chi connectivity index (χ1) is 16.4. The second kappa shape index (κ2) is 10.2. The van der Waals surface area contributed by atoms with Gasteiger partial charge in [-0.2, -0.15) is 0 Å². The summed E-state index contributed by atoms with van der Waals surface area (Å²) < 4.78 is 2.21. The minimum Gasteiger partial charge on any atom is -0.348 e. The maximum absolute atomic E-state index is 13.6. The van der Waals surface area contributed by atoms with Crippen LogP contribution in [0.25, 0.3) is 0 Å². The molecule has 0 spiro atoms. The summed E-state index contributed by atoms with van der Waals surface area (Å²) in [6.07, 6.45) is 2.84. The van der Waals surface area contributed by atoms with Crippen LogP contribution in [0, 0.1) is 20.8 Å². The van der Waals surface area contributed by atoms with E-state index in [0.717, 1.165) is 41.0 Å². The summed E-state index contributed by atoms with van der Waals surface area (Å²) in [6, 6.07) is 17.9. The van der Waals surface area contributed by atoms with E-state index >= 15 is 0 Å². The molecule has 0 unspecified atom stereocenters. The van der Waals surface area contributed by atoms with Gasteiger partial charge in [0, 0.05) is 37.2 Å². The summed E-state index contributed by atoms with van der Waals surface area (Å²) in [5, 5.41) is 3.02. The molecule has 1 atom stereocenters. The minimum absolute atomic E-state index is 0.0393. The molecule has 0 fully saturated rings. The third-order valence-electron chi connectivity index (χ3n) is 6.70. The lowest BCUT2D eigenvalue weighted by Crippen LogP contribution is -2.48. The Hall–Kier alpha value is -3.54. The molecule has 1 aromatic heterocycles. The first-order valence-electron chi connectivity index (χ1n) is 12.0. The minimum atomic E-state index is -0.240. The van der Waals surface area contributed by atoms with Gasteiger partial charge in [-0.15, -0.1) is 0 Å². The number of urea groups is 1. The fourth-order valence-electron chi connectivity index (χ4n) is 4.61. The van der Waals surface area contributed by atoms with Crippen molar-refractivity contribution in [2.75, 3.05) is 25.0 Å². The summed E-state index contributed by atoms with van der Waals surface area (Å²) in [7, 11) is 0. The van der Waals surface area contributed by atoms with Crippen LogP contribution < -0.4 is 5.32 Å². The van der Waals surface area contributed by atoms with Gasteiger partial charge in [-0.1, -0.05) is 48.9 Å². The zero-order chi connectivity index (χ0) is 24.2. The van der Waals surface area contributed by atoms with Crippen molar-refractivity contribution in [1.29, 1.82) is 0 Å². The SMILES string of the molecule is CCCN(CC(=O)N1CCn2cccc2[C@@H]1c1ccc(C)cc1)C(=O)Nc1cccc(C)c1C. The van der Waals surface area contributed by atoms with Crippen molar-refractivity contribution in [3.63, 3.8) is 0 Å². The number of amides is 3. The summed E-state index contributed by atoms with van der Waals surface area (Å²) in [6.45, 7) is 10.0. The van der Waals surface area contributed by atoms with Gasteiger partial charge >= 0.3 is 6.03 Å². The first-order valence-corrected chi connectivity index (χ1v) is 12.0. The third kappa shape index (κ3) is 4.86. The van der Waals surface area contributed by atoms with E-state index in [9.17, 15) is 9.59 Å². The van der Waals surface area contributed by atoms with Gasteiger partial charge in [0.2, 0.25) is 5.91 Å². The fraction of sp³-hybridized carbons (Fsp3) is 0.357. The largest absolute Gasteiger partial charge is 0.348 e. The van der Waals surface area contributed by atoms with Crippen LogP contribution in [0.1, 0.15) is 47.3 Å². The molecule has 4 rings (SSSR count). The fourth-order valence-corrected chi connectivity index (χ4v) is 4.61. The topological polar surface area (TPSA) is 57.6 Å². The van der Waals surface area contributed by atoms with Crippen LogP contribution in [0.2, 0.25) is 0 Å². The van der Waals surface area contributed by atoms with Gasteiger partial charge in [0.15, 0.2) is 0 Å². The number of benzene rings is 2.